The molecule has 0 radical (unpaired) electrons. The summed E-state index contributed by atoms with van der Waals surface area (Å²) in [6.45, 7) is 0. The molecule has 4 heterocycles. The predicted molar refractivity (Wildman–Crippen MR) is 204 cm³/mol. The second-order valence-corrected chi connectivity index (χ2v) is 13.7. The van der Waals surface area contributed by atoms with Gasteiger partial charge in [0.1, 0.15) is 0 Å². The van der Waals surface area contributed by atoms with Gasteiger partial charge in [0.15, 0.2) is 0 Å². The number of aliphatic imine (C=N–C) groups is 1. The Hall–Kier alpha value is -7.91. The largest absolute Gasteiger partial charge is 0.481 e. The van der Waals surface area contributed by atoms with Crippen LogP contribution in [0.2, 0.25) is 0 Å². The molecule has 11 N–H and O–H groups in total. The van der Waals surface area contributed by atoms with E-state index in [9.17, 15) is 88.8 Å². The van der Waals surface area contributed by atoms with Gasteiger partial charge in [0, 0.05) is 64.6 Å². The van der Waals surface area contributed by atoms with Gasteiger partial charge in [-0.05, 0) is 77.3 Å². The van der Waals surface area contributed by atoms with Gasteiger partial charge < -0.3 is 56.1 Å². The number of carbonyl (C=O) groups is 10. The van der Waals surface area contributed by atoms with Gasteiger partial charge in [-0.15, -0.1) is 0 Å². The quantitative estimate of drug-likeness (QED) is 0.0699. The summed E-state index contributed by atoms with van der Waals surface area (Å²) in [6, 6.07) is 0. The molecule has 2 aliphatic heterocycles. The number of aromatic nitrogens is 2. The van der Waals surface area contributed by atoms with Crippen LogP contribution in [0.15, 0.2) is 33.0 Å². The van der Waals surface area contributed by atoms with Crippen molar-refractivity contribution in [2.24, 2.45) is 4.99 Å². The minimum absolute atomic E-state index is 0.00222. The topological polar surface area (TPSA) is 389 Å². The standard InChI is InChI=1S/C39H38N4O18/c44-30(45)5-1-16-20(9-34(52)53)27(14-26-18(3-7-32(48)49)23(12-37(58)59)39(61)42-26)40-24(16)13-25-17(2-6-31(46)47)21(10-35(54)55)28(41-25)15-29-22(11-36(56)57)19(38(60)43-29)4-8-33(50)51/h13-15,40-41H,1-12H2,(H,42,61)(H,44,45)(H,46,47)(H,48,49)(H,50,51)(H,52,53)(H,54,55)(H,56,57)(H,58,59). The van der Waals surface area contributed by atoms with Crippen molar-refractivity contribution in [2.75, 3.05) is 0 Å². The van der Waals surface area contributed by atoms with Crippen LogP contribution in [0.25, 0.3) is 18.2 Å². The Morgan fingerprint density at radius 1 is 0.443 bits per heavy atom. The summed E-state index contributed by atoms with van der Waals surface area (Å²) in [5.74, 6) is -12.5. The van der Waals surface area contributed by atoms with Gasteiger partial charge in [-0.1, -0.05) is 0 Å². The van der Waals surface area contributed by atoms with Crippen molar-refractivity contribution in [3.8, 4) is 0 Å². The molecule has 0 bridgehead atoms. The molecule has 2 aliphatic rings. The van der Waals surface area contributed by atoms with Crippen LogP contribution >= 0.6 is 0 Å². The number of hydrogen-bond acceptors (Lipinski definition) is 10. The maximum atomic E-state index is 12.9. The van der Waals surface area contributed by atoms with E-state index in [1.165, 1.54) is 12.2 Å². The number of carboxylic acid groups (broad SMARTS) is 8. The van der Waals surface area contributed by atoms with Crippen molar-refractivity contribution in [2.45, 2.75) is 77.0 Å². The molecular weight excluding hydrogens is 812 g/mol. The molecule has 0 aromatic carbocycles. The van der Waals surface area contributed by atoms with Crippen LogP contribution in [0.5, 0.6) is 0 Å². The molecule has 2 aromatic heterocycles. The zero-order valence-corrected chi connectivity index (χ0v) is 31.8. The van der Waals surface area contributed by atoms with E-state index in [0.29, 0.717) is 0 Å². The number of nitrogens with zero attached hydrogens (tertiary/aromatic N) is 1. The zero-order valence-electron chi connectivity index (χ0n) is 31.8. The van der Waals surface area contributed by atoms with Gasteiger partial charge >= 0.3 is 47.8 Å². The summed E-state index contributed by atoms with van der Waals surface area (Å²) >= 11 is 0. The summed E-state index contributed by atoms with van der Waals surface area (Å²) in [5, 5.41) is 79.0. The fourth-order valence-corrected chi connectivity index (χ4v) is 6.94. The molecule has 0 unspecified atom stereocenters. The van der Waals surface area contributed by atoms with E-state index in [4.69, 9.17) is 0 Å². The lowest BCUT2D eigenvalue weighted by molar-refractivity contribution is -0.138. The van der Waals surface area contributed by atoms with E-state index < -0.39 is 111 Å². The van der Waals surface area contributed by atoms with Crippen LogP contribution < -0.4 is 16.0 Å². The minimum atomic E-state index is -1.41. The van der Waals surface area contributed by atoms with E-state index in [0.717, 1.165) is 6.08 Å². The monoisotopic (exact) mass is 850 g/mol. The number of carbonyl (C=O) groups excluding carboxylic acids is 2. The number of aromatic amines is 2. The molecule has 0 atom stereocenters. The van der Waals surface area contributed by atoms with E-state index in [-0.39, 0.29) is 104 Å². The Labute approximate surface area is 341 Å². The Morgan fingerprint density at radius 3 is 1.44 bits per heavy atom. The van der Waals surface area contributed by atoms with Crippen molar-refractivity contribution in [1.29, 1.82) is 0 Å². The number of amides is 2. The normalized spacial score (nSPS) is 15.1. The number of allylic oxidation sites excluding steroid dienone is 1. The summed E-state index contributed by atoms with van der Waals surface area (Å²) in [4.78, 5) is 130. The highest BCUT2D eigenvalue weighted by atomic mass is 16.4. The number of carboxylic acids is 8. The van der Waals surface area contributed by atoms with Crippen LogP contribution in [-0.4, -0.2) is 116 Å². The first-order valence-corrected chi connectivity index (χ1v) is 18.2. The molecule has 22 heteroatoms. The molecule has 4 rings (SSSR count). The molecule has 2 aromatic rings. The van der Waals surface area contributed by atoms with Crippen LogP contribution in [-0.2, 0) is 73.6 Å². The predicted octanol–water partition coefficient (Wildman–Crippen LogP) is -0.0352. The van der Waals surface area contributed by atoms with Crippen molar-refractivity contribution >= 4 is 83.5 Å². The van der Waals surface area contributed by atoms with Gasteiger partial charge in [-0.25, -0.2) is 4.99 Å². The van der Waals surface area contributed by atoms with Crippen LogP contribution in [0.3, 0.4) is 0 Å². The van der Waals surface area contributed by atoms with Gasteiger partial charge in [-0.2, -0.15) is 0 Å². The second-order valence-electron chi connectivity index (χ2n) is 13.7. The van der Waals surface area contributed by atoms with Crippen LogP contribution in [0.1, 0.15) is 85.0 Å². The number of hydrogen-bond donors (Lipinski definition) is 11. The van der Waals surface area contributed by atoms with Gasteiger partial charge in [-0.3, -0.25) is 47.9 Å². The number of nitrogens with one attached hydrogen (secondary N) is 3. The van der Waals surface area contributed by atoms with Crippen molar-refractivity contribution in [1.82, 2.24) is 15.3 Å². The Balaban J connectivity index is 2.09. The molecule has 0 spiro atoms. The molecule has 2 amide bonds. The van der Waals surface area contributed by atoms with Crippen molar-refractivity contribution in [3.05, 3.63) is 72.3 Å². The first-order valence-electron chi connectivity index (χ1n) is 18.2. The highest BCUT2D eigenvalue weighted by Gasteiger charge is 2.31. The smallest absolute Gasteiger partial charge is 0.308 e. The van der Waals surface area contributed by atoms with Gasteiger partial charge in [0.05, 0.1) is 31.4 Å². The molecule has 0 saturated heterocycles. The lowest BCUT2D eigenvalue weighted by atomic mass is 9.97. The summed E-state index contributed by atoms with van der Waals surface area (Å²) in [5.41, 5.74) is -0.821. The summed E-state index contributed by atoms with van der Waals surface area (Å²) in [6.07, 6.45) is -2.92. The van der Waals surface area contributed by atoms with Gasteiger partial charge in [0.2, 0.25) is 0 Å². The molecule has 322 valence electrons. The van der Waals surface area contributed by atoms with Crippen molar-refractivity contribution in [3.63, 3.8) is 0 Å². The fourth-order valence-electron chi connectivity index (χ4n) is 6.94. The summed E-state index contributed by atoms with van der Waals surface area (Å²) in [7, 11) is 0. The zero-order chi connectivity index (χ0) is 45.3. The average Bonchev–Trinajstić information content (AvgIpc) is 3.80. The Kier molecular flexibility index (Phi) is 14.8. The first kappa shape index (κ1) is 45.8. The molecule has 0 fully saturated rings. The Morgan fingerprint density at radius 2 is 0.902 bits per heavy atom. The van der Waals surface area contributed by atoms with E-state index in [2.05, 4.69) is 20.3 Å². The first-order chi connectivity index (χ1) is 28.6. The third-order valence-electron chi connectivity index (χ3n) is 9.46. The highest BCUT2D eigenvalue weighted by Crippen LogP contribution is 2.32. The molecule has 61 heavy (non-hydrogen) atoms. The molecule has 22 nitrogen and oxygen atoms in total. The molecule has 0 saturated carbocycles. The minimum Gasteiger partial charge on any atom is -0.481 e. The lowest BCUT2D eigenvalue weighted by Crippen LogP contribution is -2.17. The van der Waals surface area contributed by atoms with E-state index in [1.807, 2.05) is 0 Å². The van der Waals surface area contributed by atoms with Crippen LogP contribution in [0, 0.1) is 0 Å². The number of H-pyrrole nitrogens is 2. The third kappa shape index (κ3) is 12.1. The summed E-state index contributed by atoms with van der Waals surface area (Å²) < 4.78 is 0. The van der Waals surface area contributed by atoms with E-state index in [1.54, 1.807) is 0 Å². The van der Waals surface area contributed by atoms with Crippen molar-refractivity contribution < 1.29 is 88.8 Å². The molecule has 0 aliphatic carbocycles. The van der Waals surface area contributed by atoms with E-state index >= 15 is 0 Å². The molecular formula is C39H38N4O18. The lowest BCUT2D eigenvalue weighted by Gasteiger charge is -2.07. The second kappa shape index (κ2) is 19.7. The SMILES string of the molecule is O=C(O)CCC1=C(CC(=O)O)C(C=c2[nH]c(=Cc3[nH]c(C=C4NC(=O)C(CC(=O)O)=C4CCC(=O)O)c(CC(=O)O)c3CCC(=O)O)c(CCC(=O)O)c2CC(=O)O)=NC1=O. The Bertz CT molecular complexity index is 2530. The fraction of sp³-hybridized carbons (Fsp3) is 0.308. The number of aliphatic carboxylic acids is 8. The maximum absolute atomic E-state index is 12.9. The maximum Gasteiger partial charge on any atom is 0.308 e. The van der Waals surface area contributed by atoms with Crippen LogP contribution in [0.4, 0.5) is 0 Å². The van der Waals surface area contributed by atoms with Gasteiger partial charge in [0.25, 0.3) is 11.8 Å². The highest BCUT2D eigenvalue weighted by molar-refractivity contribution is 6.32. The number of rotatable bonds is 23. The average molecular weight is 851 g/mol. The third-order valence-corrected chi connectivity index (χ3v) is 9.46.